The Bertz CT molecular complexity index is 307. The molecule has 3 aliphatic carbocycles. The van der Waals surface area contributed by atoms with Gasteiger partial charge < -0.3 is 10.6 Å². The Morgan fingerprint density at radius 1 is 1.06 bits per heavy atom. The Hall–Kier alpha value is -0.570. The van der Waals surface area contributed by atoms with E-state index >= 15 is 0 Å². The summed E-state index contributed by atoms with van der Waals surface area (Å²) in [5.74, 6) is 2.21. The van der Waals surface area contributed by atoms with Crippen LogP contribution in [0.5, 0.6) is 0 Å². The number of fused-ring (bicyclic) bond motifs is 1. The summed E-state index contributed by atoms with van der Waals surface area (Å²) < 4.78 is 0. The zero-order valence-electron chi connectivity index (χ0n) is 10.8. The molecule has 0 spiro atoms. The molecule has 3 nitrogen and oxygen atoms in total. The molecule has 0 aromatic heterocycles. The Morgan fingerprint density at radius 2 is 1.71 bits per heavy atom. The minimum Gasteiger partial charge on any atom is -0.341 e. The molecule has 1 amide bonds. The van der Waals surface area contributed by atoms with Crippen LogP contribution in [0.2, 0.25) is 0 Å². The van der Waals surface area contributed by atoms with Crippen LogP contribution in [0.3, 0.4) is 0 Å². The minimum absolute atomic E-state index is 0.205. The summed E-state index contributed by atoms with van der Waals surface area (Å²) in [6.07, 6.45) is 8.55. The molecular weight excluding hydrogens is 212 g/mol. The highest BCUT2D eigenvalue weighted by Crippen LogP contribution is 2.58. The molecule has 3 rings (SSSR count). The second kappa shape index (κ2) is 4.27. The van der Waals surface area contributed by atoms with Crippen LogP contribution in [0.15, 0.2) is 0 Å². The summed E-state index contributed by atoms with van der Waals surface area (Å²) in [5, 5.41) is 0. The Labute approximate surface area is 104 Å². The van der Waals surface area contributed by atoms with Gasteiger partial charge in [0, 0.05) is 25.0 Å². The fourth-order valence-corrected chi connectivity index (χ4v) is 4.21. The van der Waals surface area contributed by atoms with Gasteiger partial charge in [0.1, 0.15) is 0 Å². The molecule has 3 aliphatic rings. The normalized spacial score (nSPS) is 44.2. The van der Waals surface area contributed by atoms with Gasteiger partial charge in [-0.15, -0.1) is 0 Å². The summed E-state index contributed by atoms with van der Waals surface area (Å²) in [6, 6.07) is 0.508. The van der Waals surface area contributed by atoms with E-state index < -0.39 is 0 Å². The SMILES string of the molecule is CN(C(=O)C1C2CCCC21)C1CCCCC1N. The first-order chi connectivity index (χ1) is 8.20. The van der Waals surface area contributed by atoms with Crippen LogP contribution in [-0.4, -0.2) is 29.9 Å². The molecule has 0 aromatic rings. The quantitative estimate of drug-likeness (QED) is 0.794. The van der Waals surface area contributed by atoms with Gasteiger partial charge in [-0.2, -0.15) is 0 Å². The first-order valence-corrected chi connectivity index (χ1v) is 7.22. The molecular formula is C14H24N2O. The highest BCUT2D eigenvalue weighted by molar-refractivity contribution is 5.82. The average molecular weight is 236 g/mol. The van der Waals surface area contributed by atoms with Crippen LogP contribution < -0.4 is 5.73 Å². The monoisotopic (exact) mass is 236 g/mol. The van der Waals surface area contributed by atoms with Gasteiger partial charge in [0.2, 0.25) is 5.91 Å². The summed E-state index contributed by atoms with van der Waals surface area (Å²) >= 11 is 0. The van der Waals surface area contributed by atoms with Crippen molar-refractivity contribution in [3.63, 3.8) is 0 Å². The third-order valence-corrected chi connectivity index (χ3v) is 5.32. The van der Waals surface area contributed by atoms with Crippen LogP contribution >= 0.6 is 0 Å². The lowest BCUT2D eigenvalue weighted by atomic mass is 9.89. The highest BCUT2D eigenvalue weighted by atomic mass is 16.2. The largest absolute Gasteiger partial charge is 0.341 e. The number of rotatable bonds is 2. The van der Waals surface area contributed by atoms with Crippen molar-refractivity contribution in [3.05, 3.63) is 0 Å². The van der Waals surface area contributed by atoms with Crippen molar-refractivity contribution in [2.75, 3.05) is 7.05 Å². The molecule has 0 aliphatic heterocycles. The van der Waals surface area contributed by atoms with Crippen molar-refractivity contribution >= 4 is 5.91 Å². The van der Waals surface area contributed by atoms with E-state index in [0.717, 1.165) is 24.7 Å². The number of carbonyl (C=O) groups is 1. The molecule has 2 N–H and O–H groups in total. The predicted molar refractivity (Wildman–Crippen MR) is 67.3 cm³/mol. The summed E-state index contributed by atoms with van der Waals surface area (Å²) in [7, 11) is 1.98. The maximum atomic E-state index is 12.4. The van der Waals surface area contributed by atoms with E-state index in [1.54, 1.807) is 0 Å². The summed E-state index contributed by atoms with van der Waals surface area (Å²) in [5.41, 5.74) is 6.16. The van der Waals surface area contributed by atoms with E-state index in [9.17, 15) is 4.79 Å². The number of hydrogen-bond donors (Lipinski definition) is 1. The maximum absolute atomic E-state index is 12.4. The topological polar surface area (TPSA) is 46.3 Å². The zero-order valence-corrected chi connectivity index (χ0v) is 10.8. The highest BCUT2D eigenvalue weighted by Gasteiger charge is 2.57. The lowest BCUT2D eigenvalue weighted by Crippen LogP contribution is -2.50. The van der Waals surface area contributed by atoms with Crippen LogP contribution in [0, 0.1) is 17.8 Å². The molecule has 96 valence electrons. The van der Waals surface area contributed by atoms with Gasteiger partial charge in [-0.25, -0.2) is 0 Å². The van der Waals surface area contributed by atoms with Crippen molar-refractivity contribution < 1.29 is 4.79 Å². The van der Waals surface area contributed by atoms with Crippen molar-refractivity contribution in [1.82, 2.24) is 4.90 Å². The van der Waals surface area contributed by atoms with E-state index in [0.29, 0.717) is 17.9 Å². The molecule has 3 fully saturated rings. The fourth-order valence-electron chi connectivity index (χ4n) is 4.21. The number of nitrogens with zero attached hydrogens (tertiary/aromatic N) is 1. The first kappa shape index (κ1) is 11.5. The van der Waals surface area contributed by atoms with Crippen molar-refractivity contribution in [2.45, 2.75) is 57.0 Å². The van der Waals surface area contributed by atoms with E-state index in [2.05, 4.69) is 0 Å². The molecule has 0 saturated heterocycles. The minimum atomic E-state index is 0.205. The third kappa shape index (κ3) is 1.88. The lowest BCUT2D eigenvalue weighted by Gasteiger charge is -2.36. The van der Waals surface area contributed by atoms with E-state index in [1.165, 1.54) is 32.1 Å². The van der Waals surface area contributed by atoms with Crippen LogP contribution in [-0.2, 0) is 4.79 Å². The van der Waals surface area contributed by atoms with Crippen molar-refractivity contribution in [2.24, 2.45) is 23.5 Å². The van der Waals surface area contributed by atoms with Gasteiger partial charge >= 0.3 is 0 Å². The maximum Gasteiger partial charge on any atom is 0.226 e. The molecule has 3 saturated carbocycles. The Balaban J connectivity index is 1.61. The number of amides is 1. The molecule has 17 heavy (non-hydrogen) atoms. The van der Waals surface area contributed by atoms with E-state index in [-0.39, 0.29) is 6.04 Å². The fraction of sp³-hybridized carbons (Fsp3) is 0.929. The molecule has 0 bridgehead atoms. The number of likely N-dealkylation sites (N-methyl/N-ethyl adjacent to an activating group) is 1. The molecule has 4 atom stereocenters. The molecule has 3 heteroatoms. The second-order valence-corrected chi connectivity index (χ2v) is 6.25. The number of hydrogen-bond acceptors (Lipinski definition) is 2. The third-order valence-electron chi connectivity index (χ3n) is 5.32. The average Bonchev–Trinajstić information content (AvgIpc) is 2.81. The van der Waals surface area contributed by atoms with Crippen LogP contribution in [0.4, 0.5) is 0 Å². The summed E-state index contributed by atoms with van der Waals surface area (Å²) in [6.45, 7) is 0. The Kier molecular flexibility index (Phi) is 2.89. The van der Waals surface area contributed by atoms with Crippen LogP contribution in [0.1, 0.15) is 44.9 Å². The summed E-state index contributed by atoms with van der Waals surface area (Å²) in [4.78, 5) is 14.4. The Morgan fingerprint density at radius 3 is 2.35 bits per heavy atom. The van der Waals surface area contributed by atoms with Gasteiger partial charge in [-0.1, -0.05) is 19.3 Å². The standard InChI is InChI=1S/C14H24N2O/c1-16(12-8-3-2-7-11(12)15)14(17)13-9-5-4-6-10(9)13/h9-13H,2-8,15H2,1H3. The van der Waals surface area contributed by atoms with Crippen LogP contribution in [0.25, 0.3) is 0 Å². The van der Waals surface area contributed by atoms with Gasteiger partial charge in [0.25, 0.3) is 0 Å². The van der Waals surface area contributed by atoms with Gasteiger partial charge in [0.15, 0.2) is 0 Å². The molecule has 4 unspecified atom stereocenters. The molecule has 0 radical (unpaired) electrons. The van der Waals surface area contributed by atoms with Gasteiger partial charge in [0.05, 0.1) is 0 Å². The van der Waals surface area contributed by atoms with Crippen molar-refractivity contribution in [3.8, 4) is 0 Å². The van der Waals surface area contributed by atoms with Gasteiger partial charge in [-0.3, -0.25) is 4.79 Å². The number of carbonyl (C=O) groups excluding carboxylic acids is 1. The number of nitrogens with two attached hydrogens (primary N) is 1. The smallest absolute Gasteiger partial charge is 0.226 e. The lowest BCUT2D eigenvalue weighted by molar-refractivity contribution is -0.135. The predicted octanol–water partition coefficient (Wildman–Crippen LogP) is 1.76. The zero-order chi connectivity index (χ0) is 12.0. The van der Waals surface area contributed by atoms with E-state index in [4.69, 9.17) is 5.73 Å². The van der Waals surface area contributed by atoms with E-state index in [1.807, 2.05) is 11.9 Å². The van der Waals surface area contributed by atoms with Gasteiger partial charge in [-0.05, 0) is 37.5 Å². The van der Waals surface area contributed by atoms with Crippen molar-refractivity contribution in [1.29, 1.82) is 0 Å². The second-order valence-electron chi connectivity index (χ2n) is 6.25. The first-order valence-electron chi connectivity index (χ1n) is 7.22. The molecule has 0 aromatic carbocycles. The molecule has 0 heterocycles.